The number of aromatic nitrogens is 1. The van der Waals surface area contributed by atoms with Crippen LogP contribution in [0.5, 0.6) is 0 Å². The van der Waals surface area contributed by atoms with Gasteiger partial charge in [0.1, 0.15) is 11.6 Å². The van der Waals surface area contributed by atoms with E-state index in [9.17, 15) is 8.78 Å². The molecule has 0 saturated carbocycles. The molecule has 1 unspecified atom stereocenters. The Morgan fingerprint density at radius 1 is 1.25 bits per heavy atom. The number of benzene rings is 1. The van der Waals surface area contributed by atoms with E-state index in [1.807, 2.05) is 26.0 Å². The van der Waals surface area contributed by atoms with Gasteiger partial charge >= 0.3 is 0 Å². The van der Waals surface area contributed by atoms with Crippen LogP contribution in [0.2, 0.25) is 0 Å². The molecule has 0 aliphatic carbocycles. The molecule has 0 radical (unpaired) electrons. The van der Waals surface area contributed by atoms with Crippen LogP contribution < -0.4 is 5.32 Å². The number of halogens is 2. The van der Waals surface area contributed by atoms with Crippen LogP contribution in [-0.4, -0.2) is 11.5 Å². The van der Waals surface area contributed by atoms with E-state index in [1.54, 1.807) is 6.20 Å². The lowest BCUT2D eigenvalue weighted by Crippen LogP contribution is -2.24. The van der Waals surface area contributed by atoms with Crippen LogP contribution in [0.3, 0.4) is 0 Å². The molecule has 0 bridgehead atoms. The van der Waals surface area contributed by atoms with E-state index in [0.717, 1.165) is 17.3 Å². The molecule has 20 heavy (non-hydrogen) atoms. The molecular weight excluding hydrogens is 258 g/mol. The zero-order valence-corrected chi connectivity index (χ0v) is 11.7. The van der Waals surface area contributed by atoms with Gasteiger partial charge in [-0.1, -0.05) is 13.0 Å². The van der Waals surface area contributed by atoms with Crippen LogP contribution in [0.15, 0.2) is 36.5 Å². The summed E-state index contributed by atoms with van der Waals surface area (Å²) in [4.78, 5) is 4.32. The molecule has 0 saturated heterocycles. The average molecular weight is 276 g/mol. The van der Waals surface area contributed by atoms with E-state index in [1.165, 1.54) is 12.1 Å². The Morgan fingerprint density at radius 2 is 2.05 bits per heavy atom. The summed E-state index contributed by atoms with van der Waals surface area (Å²) in [5.41, 5.74) is 2.28. The Hall–Kier alpha value is -1.81. The summed E-state index contributed by atoms with van der Waals surface area (Å²) in [6.07, 6.45) is 2.24. The van der Waals surface area contributed by atoms with Gasteiger partial charge in [0.15, 0.2) is 0 Å². The third-order valence-electron chi connectivity index (χ3n) is 3.30. The summed E-state index contributed by atoms with van der Waals surface area (Å²) in [6.45, 7) is 4.58. The molecule has 2 nitrogen and oxygen atoms in total. The Labute approximate surface area is 117 Å². The maximum atomic E-state index is 13.9. The second kappa shape index (κ2) is 6.57. The van der Waals surface area contributed by atoms with Crippen LogP contribution in [0, 0.1) is 18.6 Å². The van der Waals surface area contributed by atoms with Crippen molar-refractivity contribution in [2.45, 2.75) is 26.3 Å². The molecule has 0 amide bonds. The number of likely N-dealkylation sites (N-methyl/N-ethyl adjacent to an activating group) is 1. The van der Waals surface area contributed by atoms with E-state index < -0.39 is 11.6 Å². The number of hydrogen-bond donors (Lipinski definition) is 1. The number of nitrogens with zero attached hydrogens (tertiary/aromatic N) is 1. The fourth-order valence-corrected chi connectivity index (χ4v) is 2.25. The van der Waals surface area contributed by atoms with Gasteiger partial charge in [-0.2, -0.15) is 0 Å². The first-order valence-electron chi connectivity index (χ1n) is 6.70. The largest absolute Gasteiger partial charge is 0.310 e. The Balaban J connectivity index is 2.32. The van der Waals surface area contributed by atoms with E-state index in [0.29, 0.717) is 18.5 Å². The summed E-state index contributed by atoms with van der Waals surface area (Å²) in [6, 6.07) is 7.09. The monoisotopic (exact) mass is 276 g/mol. The first-order chi connectivity index (χ1) is 9.61. The highest BCUT2D eigenvalue weighted by molar-refractivity contribution is 5.26. The van der Waals surface area contributed by atoms with Crippen molar-refractivity contribution in [3.05, 3.63) is 65.0 Å². The molecule has 2 rings (SSSR count). The predicted molar refractivity (Wildman–Crippen MR) is 75.5 cm³/mol. The molecule has 1 heterocycles. The summed E-state index contributed by atoms with van der Waals surface area (Å²) >= 11 is 0. The van der Waals surface area contributed by atoms with Crippen molar-refractivity contribution in [3.8, 4) is 0 Å². The molecular formula is C16H18F2N2. The normalized spacial score (nSPS) is 12.4. The van der Waals surface area contributed by atoms with Gasteiger partial charge in [0.05, 0.1) is 0 Å². The lowest BCUT2D eigenvalue weighted by Gasteiger charge is -2.19. The molecule has 0 fully saturated rings. The second-order valence-corrected chi connectivity index (χ2v) is 4.75. The van der Waals surface area contributed by atoms with Gasteiger partial charge < -0.3 is 5.32 Å². The molecule has 0 spiro atoms. The molecule has 0 aliphatic rings. The van der Waals surface area contributed by atoms with Crippen molar-refractivity contribution in [1.82, 2.24) is 10.3 Å². The topological polar surface area (TPSA) is 24.9 Å². The summed E-state index contributed by atoms with van der Waals surface area (Å²) in [5.74, 6) is -0.826. The van der Waals surface area contributed by atoms with E-state index >= 15 is 0 Å². The number of rotatable bonds is 5. The summed E-state index contributed by atoms with van der Waals surface area (Å²) in [5, 5.41) is 3.20. The predicted octanol–water partition coefficient (Wildman–Crippen LogP) is 3.56. The zero-order chi connectivity index (χ0) is 14.5. The van der Waals surface area contributed by atoms with Gasteiger partial charge in [0, 0.05) is 29.9 Å². The average Bonchev–Trinajstić information content (AvgIpc) is 2.43. The number of hydrogen-bond acceptors (Lipinski definition) is 2. The van der Waals surface area contributed by atoms with Gasteiger partial charge in [0.25, 0.3) is 0 Å². The van der Waals surface area contributed by atoms with E-state index in [-0.39, 0.29) is 6.04 Å². The molecule has 4 heteroatoms. The maximum Gasteiger partial charge on any atom is 0.128 e. The highest BCUT2D eigenvalue weighted by atomic mass is 19.1. The van der Waals surface area contributed by atoms with Crippen LogP contribution in [0.1, 0.15) is 29.8 Å². The van der Waals surface area contributed by atoms with Gasteiger partial charge in [-0.05, 0) is 43.3 Å². The van der Waals surface area contributed by atoms with Crippen molar-refractivity contribution < 1.29 is 8.78 Å². The maximum absolute atomic E-state index is 13.9. The number of pyridine rings is 1. The highest BCUT2D eigenvalue weighted by Gasteiger charge is 2.17. The van der Waals surface area contributed by atoms with Crippen molar-refractivity contribution >= 4 is 0 Å². The van der Waals surface area contributed by atoms with Crippen LogP contribution in [0.25, 0.3) is 0 Å². The standard InChI is InChI=1S/C16H18F2N2/c1-3-19-16(10-15-11(2)5-4-8-20-15)13-9-12(17)6-7-14(13)18/h4-9,16,19H,3,10H2,1-2H3. The first-order valence-corrected chi connectivity index (χ1v) is 6.70. The highest BCUT2D eigenvalue weighted by Crippen LogP contribution is 2.22. The Bertz CT molecular complexity index is 584. The number of aryl methyl sites for hydroxylation is 1. The van der Waals surface area contributed by atoms with Crippen molar-refractivity contribution in [2.24, 2.45) is 0 Å². The van der Waals surface area contributed by atoms with Gasteiger partial charge in [0.2, 0.25) is 0 Å². The molecule has 2 aromatic rings. The second-order valence-electron chi connectivity index (χ2n) is 4.75. The van der Waals surface area contributed by atoms with Crippen molar-refractivity contribution in [2.75, 3.05) is 6.54 Å². The molecule has 0 aliphatic heterocycles. The van der Waals surface area contributed by atoms with Crippen LogP contribution in [-0.2, 0) is 6.42 Å². The lowest BCUT2D eigenvalue weighted by molar-refractivity contribution is 0.498. The minimum Gasteiger partial charge on any atom is -0.310 e. The fourth-order valence-electron chi connectivity index (χ4n) is 2.25. The third kappa shape index (κ3) is 3.39. The van der Waals surface area contributed by atoms with Crippen molar-refractivity contribution in [3.63, 3.8) is 0 Å². The van der Waals surface area contributed by atoms with Crippen LogP contribution in [0.4, 0.5) is 8.78 Å². The minimum atomic E-state index is -0.429. The first kappa shape index (κ1) is 14.6. The van der Waals surface area contributed by atoms with Gasteiger partial charge in [-0.25, -0.2) is 8.78 Å². The molecule has 1 aromatic carbocycles. The minimum absolute atomic E-state index is 0.288. The lowest BCUT2D eigenvalue weighted by atomic mass is 9.99. The number of nitrogens with one attached hydrogen (secondary N) is 1. The van der Waals surface area contributed by atoms with Gasteiger partial charge in [-0.15, -0.1) is 0 Å². The SMILES string of the molecule is CCNC(Cc1ncccc1C)c1cc(F)ccc1F. The molecule has 1 aromatic heterocycles. The van der Waals surface area contributed by atoms with Crippen LogP contribution >= 0.6 is 0 Å². The summed E-state index contributed by atoms with van der Waals surface area (Å²) < 4.78 is 27.3. The Kier molecular flexibility index (Phi) is 4.79. The third-order valence-corrected chi connectivity index (χ3v) is 3.30. The van der Waals surface area contributed by atoms with Gasteiger partial charge in [-0.3, -0.25) is 4.98 Å². The quantitative estimate of drug-likeness (QED) is 0.903. The van der Waals surface area contributed by atoms with E-state index in [2.05, 4.69) is 10.3 Å². The van der Waals surface area contributed by atoms with Crippen molar-refractivity contribution in [1.29, 1.82) is 0 Å². The summed E-state index contributed by atoms with van der Waals surface area (Å²) in [7, 11) is 0. The fraction of sp³-hybridized carbons (Fsp3) is 0.312. The van der Waals surface area contributed by atoms with E-state index in [4.69, 9.17) is 0 Å². The zero-order valence-electron chi connectivity index (χ0n) is 11.7. The molecule has 1 N–H and O–H groups in total. The molecule has 106 valence electrons. The molecule has 1 atom stereocenters. The smallest absolute Gasteiger partial charge is 0.128 e. The Morgan fingerprint density at radius 3 is 2.75 bits per heavy atom.